The molecule has 0 heterocycles. The number of nitrogens with two attached hydrogens (primary N) is 1. The Morgan fingerprint density at radius 1 is 1.12 bits per heavy atom. The molecule has 0 spiro atoms. The van der Waals surface area contributed by atoms with Crippen molar-refractivity contribution in [3.8, 4) is 0 Å². The SMILES string of the molecule is CC(=O)SC(CCCc1ccc(N)cc1)C(P(=O)(O)O)P(=O)(O)O. The average molecular weight is 397 g/mol. The van der Waals surface area contributed by atoms with Crippen LogP contribution in [0.2, 0.25) is 0 Å². The van der Waals surface area contributed by atoms with Crippen LogP contribution in [-0.4, -0.2) is 35.3 Å². The maximum atomic E-state index is 11.5. The lowest BCUT2D eigenvalue weighted by Gasteiger charge is -2.27. The zero-order chi connectivity index (χ0) is 18.5. The molecule has 0 saturated heterocycles. The Bertz CT molecular complexity index is 633. The summed E-state index contributed by atoms with van der Waals surface area (Å²) in [6, 6.07) is 7.02. The molecule has 0 saturated carbocycles. The highest BCUT2D eigenvalue weighted by Crippen LogP contribution is 2.63. The molecule has 0 radical (unpaired) electrons. The maximum Gasteiger partial charge on any atom is 0.341 e. The molecular weight excluding hydrogens is 376 g/mol. The third-order valence-corrected chi connectivity index (χ3v) is 8.72. The van der Waals surface area contributed by atoms with Crippen molar-refractivity contribution in [3.63, 3.8) is 0 Å². The van der Waals surface area contributed by atoms with Crippen LogP contribution in [0.5, 0.6) is 0 Å². The zero-order valence-electron chi connectivity index (χ0n) is 13.0. The molecule has 1 rings (SSSR count). The van der Waals surface area contributed by atoms with E-state index in [1.165, 1.54) is 6.92 Å². The average Bonchev–Trinajstić information content (AvgIpc) is 2.36. The van der Waals surface area contributed by atoms with Gasteiger partial charge in [-0.3, -0.25) is 13.9 Å². The molecule has 8 nitrogen and oxygen atoms in total. The van der Waals surface area contributed by atoms with Crippen molar-refractivity contribution in [2.45, 2.75) is 36.8 Å². The molecule has 24 heavy (non-hydrogen) atoms. The number of thioether (sulfide) groups is 1. The van der Waals surface area contributed by atoms with E-state index in [0.717, 1.165) is 5.56 Å². The van der Waals surface area contributed by atoms with Crippen LogP contribution in [0.15, 0.2) is 24.3 Å². The second kappa shape index (κ2) is 8.63. The van der Waals surface area contributed by atoms with Gasteiger partial charge in [0.25, 0.3) is 0 Å². The molecule has 6 N–H and O–H groups in total. The summed E-state index contributed by atoms with van der Waals surface area (Å²) in [7, 11) is -10.2. The first-order valence-electron chi connectivity index (χ1n) is 7.03. The summed E-state index contributed by atoms with van der Waals surface area (Å²) in [5.74, 6) is 0. The van der Waals surface area contributed by atoms with Gasteiger partial charge in [-0.15, -0.1) is 0 Å². The quantitative estimate of drug-likeness (QED) is 0.326. The van der Waals surface area contributed by atoms with Crippen molar-refractivity contribution in [2.75, 3.05) is 5.73 Å². The molecular formula is C13H21NO7P2S. The highest BCUT2D eigenvalue weighted by molar-refractivity contribution is 8.14. The van der Waals surface area contributed by atoms with Gasteiger partial charge in [0.2, 0.25) is 0 Å². The molecule has 0 amide bonds. The van der Waals surface area contributed by atoms with Gasteiger partial charge in [0.15, 0.2) is 10.5 Å². The third-order valence-electron chi connectivity index (χ3n) is 3.27. The third kappa shape index (κ3) is 7.07. The second-order valence-corrected chi connectivity index (χ2v) is 10.7. The van der Waals surface area contributed by atoms with Gasteiger partial charge in [-0.1, -0.05) is 23.9 Å². The lowest BCUT2D eigenvalue weighted by atomic mass is 10.1. The molecule has 0 aliphatic heterocycles. The minimum atomic E-state index is -5.08. The minimum absolute atomic E-state index is 0.0789. The van der Waals surface area contributed by atoms with Gasteiger partial charge in [0.05, 0.1) is 0 Å². The summed E-state index contributed by atoms with van der Waals surface area (Å²) in [6.07, 6.45) is 1.02. The number of nitrogen functional groups attached to an aromatic ring is 1. The van der Waals surface area contributed by atoms with Crippen LogP contribution in [0, 0.1) is 0 Å². The molecule has 0 aliphatic carbocycles. The summed E-state index contributed by atoms with van der Waals surface area (Å²) in [4.78, 5) is 48.6. The van der Waals surface area contributed by atoms with Crippen molar-refractivity contribution in [1.29, 1.82) is 0 Å². The van der Waals surface area contributed by atoms with Crippen molar-refractivity contribution < 1.29 is 33.5 Å². The van der Waals surface area contributed by atoms with Crippen molar-refractivity contribution >= 4 is 37.8 Å². The van der Waals surface area contributed by atoms with Gasteiger partial charge in [-0.25, -0.2) is 0 Å². The van der Waals surface area contributed by atoms with E-state index in [1.54, 1.807) is 24.3 Å². The Hall–Kier alpha value is -0.660. The molecule has 11 heteroatoms. The van der Waals surface area contributed by atoms with E-state index in [9.17, 15) is 33.5 Å². The van der Waals surface area contributed by atoms with Crippen LogP contribution in [0.3, 0.4) is 0 Å². The normalized spacial score (nSPS) is 13.9. The molecule has 0 aliphatic rings. The van der Waals surface area contributed by atoms with Gasteiger partial charge >= 0.3 is 15.2 Å². The topological polar surface area (TPSA) is 158 Å². The maximum absolute atomic E-state index is 11.5. The van der Waals surface area contributed by atoms with E-state index >= 15 is 0 Å². The fourth-order valence-electron chi connectivity index (χ4n) is 2.30. The number of rotatable bonds is 8. The Kier molecular flexibility index (Phi) is 7.69. The number of anilines is 1. The smallest absolute Gasteiger partial charge is 0.341 e. The Morgan fingerprint density at radius 2 is 1.62 bits per heavy atom. The zero-order valence-corrected chi connectivity index (χ0v) is 15.6. The first-order chi connectivity index (χ1) is 10.9. The molecule has 0 fully saturated rings. The van der Waals surface area contributed by atoms with Crippen molar-refractivity contribution in [2.24, 2.45) is 0 Å². The van der Waals surface area contributed by atoms with E-state index in [4.69, 9.17) is 5.73 Å². The molecule has 1 aromatic rings. The van der Waals surface area contributed by atoms with Crippen LogP contribution in [-0.2, 0) is 20.3 Å². The van der Waals surface area contributed by atoms with Gasteiger partial charge in [-0.2, -0.15) is 0 Å². The first kappa shape index (κ1) is 21.4. The first-order valence-corrected chi connectivity index (χ1v) is 11.3. The van der Waals surface area contributed by atoms with Gasteiger partial charge in [0.1, 0.15) is 0 Å². The van der Waals surface area contributed by atoms with E-state index in [1.807, 2.05) is 0 Å². The van der Waals surface area contributed by atoms with Gasteiger partial charge in [0, 0.05) is 17.9 Å². The number of benzene rings is 1. The van der Waals surface area contributed by atoms with E-state index in [-0.39, 0.29) is 6.42 Å². The fourth-order valence-corrected chi connectivity index (χ4v) is 7.18. The van der Waals surface area contributed by atoms with Crippen LogP contribution in [0.1, 0.15) is 25.3 Å². The predicted molar refractivity (Wildman–Crippen MR) is 93.7 cm³/mol. The van der Waals surface area contributed by atoms with Crippen molar-refractivity contribution in [1.82, 2.24) is 0 Å². The van der Waals surface area contributed by atoms with E-state index in [0.29, 0.717) is 30.3 Å². The summed E-state index contributed by atoms with van der Waals surface area (Å²) in [6.45, 7) is 1.19. The van der Waals surface area contributed by atoms with Crippen LogP contribution in [0.25, 0.3) is 0 Å². The van der Waals surface area contributed by atoms with E-state index < -0.39 is 31.0 Å². The predicted octanol–water partition coefficient (Wildman–Crippen LogP) is 1.92. The van der Waals surface area contributed by atoms with Crippen LogP contribution >= 0.6 is 27.0 Å². The molecule has 1 aromatic carbocycles. The summed E-state index contributed by atoms with van der Waals surface area (Å²) < 4.78 is 23.1. The Morgan fingerprint density at radius 3 is 2.04 bits per heavy atom. The van der Waals surface area contributed by atoms with Crippen LogP contribution < -0.4 is 5.73 Å². The lowest BCUT2D eigenvalue weighted by Crippen LogP contribution is -2.25. The standard InChI is InChI=1S/C13H21NO7P2S/c1-9(15)24-12(13(22(16,17)18)23(19,20)21)4-2-3-10-5-7-11(14)8-6-10/h5-8,12-13H,2-4,14H2,1H3,(H2,16,17,18)(H2,19,20,21). The number of aryl methyl sites for hydroxylation is 1. The molecule has 0 aromatic heterocycles. The monoisotopic (exact) mass is 397 g/mol. The number of hydrogen-bond acceptors (Lipinski definition) is 5. The molecule has 0 bridgehead atoms. The highest BCUT2D eigenvalue weighted by Gasteiger charge is 2.49. The Labute approximate surface area is 144 Å². The molecule has 1 unspecified atom stereocenters. The lowest BCUT2D eigenvalue weighted by molar-refractivity contribution is -0.109. The summed E-state index contributed by atoms with van der Waals surface area (Å²) in [5.41, 5.74) is 7.11. The van der Waals surface area contributed by atoms with Crippen LogP contribution in [0.4, 0.5) is 5.69 Å². The largest absolute Gasteiger partial charge is 0.399 e. The second-order valence-electron chi connectivity index (χ2n) is 5.37. The highest BCUT2D eigenvalue weighted by atomic mass is 32.2. The number of carbonyl (C=O) groups is 1. The summed E-state index contributed by atoms with van der Waals surface area (Å²) in [5, 5.41) is -3.82. The molecule has 136 valence electrons. The fraction of sp³-hybridized carbons (Fsp3) is 0.462. The van der Waals surface area contributed by atoms with Gasteiger partial charge < -0.3 is 25.3 Å². The summed E-state index contributed by atoms with van der Waals surface area (Å²) >= 11 is 0.556. The van der Waals surface area contributed by atoms with Crippen molar-refractivity contribution in [3.05, 3.63) is 29.8 Å². The van der Waals surface area contributed by atoms with Gasteiger partial charge in [-0.05, 0) is 37.0 Å². The Balaban J connectivity index is 2.87. The van der Waals surface area contributed by atoms with E-state index in [2.05, 4.69) is 0 Å². The number of hydrogen-bond donors (Lipinski definition) is 5. The minimum Gasteiger partial charge on any atom is -0.399 e. The number of carbonyl (C=O) groups excluding carboxylic acids is 1. The molecule has 1 atom stereocenters.